The first-order valence-corrected chi connectivity index (χ1v) is 10.2. The highest BCUT2D eigenvalue weighted by atomic mass is 32.1. The number of nitrogens with zero attached hydrogens (tertiary/aromatic N) is 3. The van der Waals surface area contributed by atoms with Crippen LogP contribution < -0.4 is 5.56 Å². The first-order chi connectivity index (χ1) is 13.8. The molecule has 2 aliphatic rings. The minimum Gasteiger partial charge on any atom is -0.294 e. The minimum absolute atomic E-state index is 0.0534. The van der Waals surface area contributed by atoms with Gasteiger partial charge in [-0.1, -0.05) is 32.0 Å². The number of benzene rings is 1. The second kappa shape index (κ2) is 5.24. The summed E-state index contributed by atoms with van der Waals surface area (Å²) >= 11 is 1.24. The van der Waals surface area contributed by atoms with Crippen molar-refractivity contribution in [1.82, 2.24) is 14.5 Å². The maximum atomic E-state index is 13.1. The van der Waals surface area contributed by atoms with Crippen molar-refractivity contribution in [2.24, 2.45) is 5.41 Å². The van der Waals surface area contributed by atoms with Crippen molar-refractivity contribution >= 4 is 43.5 Å². The number of fused-ring (bicyclic) bond motifs is 8. The largest absolute Gasteiger partial charge is 0.294 e. The van der Waals surface area contributed by atoms with Crippen molar-refractivity contribution in [3.8, 4) is 11.4 Å². The molecule has 142 valence electrons. The Labute approximate surface area is 168 Å². The van der Waals surface area contributed by atoms with Crippen molar-refractivity contribution < 1.29 is 9.59 Å². The van der Waals surface area contributed by atoms with Gasteiger partial charge in [0.25, 0.3) is 11.5 Å². The van der Waals surface area contributed by atoms with Gasteiger partial charge in [0.05, 0.1) is 16.8 Å². The molecule has 0 amide bonds. The summed E-state index contributed by atoms with van der Waals surface area (Å²) in [4.78, 5) is 48.3. The first kappa shape index (κ1) is 16.7. The Hall–Kier alpha value is -3.19. The topological polar surface area (TPSA) is 81.9 Å². The molecule has 0 N–H and O–H groups in total. The molecule has 0 fully saturated rings. The molecule has 4 aromatic rings. The van der Waals surface area contributed by atoms with E-state index in [1.54, 1.807) is 18.2 Å². The van der Waals surface area contributed by atoms with Gasteiger partial charge in [0.1, 0.15) is 9.53 Å². The summed E-state index contributed by atoms with van der Waals surface area (Å²) in [5.74, 6) is 0.198. The van der Waals surface area contributed by atoms with Gasteiger partial charge in [-0.2, -0.15) is 4.98 Å². The normalized spacial score (nSPS) is 16.9. The number of Topliss-reactive ketones (excluding diaryl/α,β-unsaturated/α-hetero) is 1. The number of aromatic nitrogens is 3. The van der Waals surface area contributed by atoms with E-state index in [0.717, 1.165) is 5.69 Å². The first-order valence-electron chi connectivity index (χ1n) is 9.40. The molecule has 1 aromatic carbocycles. The Balaban J connectivity index is 1.74. The summed E-state index contributed by atoms with van der Waals surface area (Å²) < 4.78 is 1.90. The van der Waals surface area contributed by atoms with Crippen molar-refractivity contribution in [3.05, 3.63) is 57.5 Å². The monoisotopic (exact) mass is 401 g/mol. The second-order valence-electron chi connectivity index (χ2n) is 8.48. The van der Waals surface area contributed by atoms with Gasteiger partial charge >= 0.3 is 0 Å². The van der Waals surface area contributed by atoms with Gasteiger partial charge in [0.2, 0.25) is 0 Å². The molecule has 0 bridgehead atoms. The van der Waals surface area contributed by atoms with Crippen molar-refractivity contribution in [1.29, 1.82) is 0 Å². The fraction of sp³-hybridized carbons (Fsp3) is 0.227. The van der Waals surface area contributed by atoms with Gasteiger partial charge < -0.3 is 0 Å². The maximum Gasteiger partial charge on any atom is 0.291 e. The Kier molecular flexibility index (Phi) is 3.02. The molecule has 0 spiro atoms. The minimum atomic E-state index is -0.372. The lowest BCUT2D eigenvalue weighted by molar-refractivity contribution is 0.0909. The molecule has 1 aliphatic heterocycles. The van der Waals surface area contributed by atoms with Crippen LogP contribution in [0.2, 0.25) is 0 Å². The number of thiophene rings is 1. The zero-order chi connectivity index (χ0) is 20.1. The zero-order valence-corrected chi connectivity index (χ0v) is 16.6. The summed E-state index contributed by atoms with van der Waals surface area (Å²) in [6.07, 6.45) is 1.16. The summed E-state index contributed by atoms with van der Waals surface area (Å²) in [5.41, 5.74) is 2.53. The van der Waals surface area contributed by atoms with Gasteiger partial charge in [0.15, 0.2) is 11.6 Å². The molecule has 29 heavy (non-hydrogen) atoms. The predicted molar refractivity (Wildman–Crippen MR) is 111 cm³/mol. The Morgan fingerprint density at radius 1 is 1.00 bits per heavy atom. The number of carbonyl (C=O) groups excluding carboxylic acids is 2. The summed E-state index contributed by atoms with van der Waals surface area (Å²) in [7, 11) is 0. The van der Waals surface area contributed by atoms with E-state index >= 15 is 0 Å². The molecule has 0 atom stereocenters. The molecular weight excluding hydrogens is 386 g/mol. The Morgan fingerprint density at radius 2 is 1.76 bits per heavy atom. The van der Waals surface area contributed by atoms with Gasteiger partial charge in [0, 0.05) is 22.9 Å². The number of carbonyl (C=O) groups is 2. The second-order valence-corrected chi connectivity index (χ2v) is 9.48. The zero-order valence-electron chi connectivity index (χ0n) is 15.8. The van der Waals surface area contributed by atoms with Crippen molar-refractivity contribution in [2.45, 2.75) is 26.7 Å². The number of rotatable bonds is 0. The average molecular weight is 401 g/mol. The van der Waals surface area contributed by atoms with E-state index < -0.39 is 0 Å². The molecular formula is C22H15N3O3S. The van der Waals surface area contributed by atoms with E-state index in [9.17, 15) is 14.4 Å². The highest BCUT2D eigenvalue weighted by Gasteiger charge is 2.34. The lowest BCUT2D eigenvalue weighted by Gasteiger charge is -2.29. The van der Waals surface area contributed by atoms with E-state index in [2.05, 4.69) is 18.8 Å². The fourth-order valence-corrected chi connectivity index (χ4v) is 5.55. The Morgan fingerprint density at radius 3 is 2.55 bits per heavy atom. The van der Waals surface area contributed by atoms with E-state index in [1.165, 1.54) is 15.9 Å². The quantitative estimate of drug-likeness (QED) is 0.394. The lowest BCUT2D eigenvalue weighted by Crippen LogP contribution is -2.27. The van der Waals surface area contributed by atoms with E-state index in [-0.39, 0.29) is 22.7 Å². The molecule has 6 nitrogen and oxygen atoms in total. The highest BCUT2D eigenvalue weighted by Crippen LogP contribution is 2.40. The smallest absolute Gasteiger partial charge is 0.291 e. The van der Waals surface area contributed by atoms with E-state index in [0.29, 0.717) is 55.8 Å². The van der Waals surface area contributed by atoms with E-state index in [1.807, 2.05) is 12.1 Å². The number of pyridine rings is 1. The van der Waals surface area contributed by atoms with Crippen molar-refractivity contribution in [2.75, 3.05) is 0 Å². The SMILES string of the molecule is CC1(C)CC(=O)c2cc3c(nc2C1)sc1c(=O)nc2n(c13)C(=O)c1ccccc1-2. The maximum absolute atomic E-state index is 13.1. The lowest BCUT2D eigenvalue weighted by atomic mass is 9.75. The predicted octanol–water partition coefficient (Wildman–Crippen LogP) is 3.83. The Bertz CT molecular complexity index is 1490. The fourth-order valence-electron chi connectivity index (χ4n) is 4.50. The molecule has 0 saturated heterocycles. The standard InChI is InChI=1S/C22H15N3O3S/c1-22(2)8-14-12(15(26)9-22)7-13-16-17(29-20(13)23-14)19(27)24-18-10-5-3-4-6-11(10)21(28)25(16)18/h3-7H,8-9H2,1-2H3. The van der Waals surface area contributed by atoms with Crippen LogP contribution in [0.15, 0.2) is 35.1 Å². The summed E-state index contributed by atoms with van der Waals surface area (Å²) in [5, 5.41) is 0.665. The van der Waals surface area contributed by atoms with Crippen LogP contribution >= 0.6 is 11.3 Å². The van der Waals surface area contributed by atoms with Crippen LogP contribution in [0.3, 0.4) is 0 Å². The van der Waals surface area contributed by atoms with Gasteiger partial charge in [-0.25, -0.2) is 4.98 Å². The molecule has 3 aromatic heterocycles. The van der Waals surface area contributed by atoms with Crippen LogP contribution in [-0.2, 0) is 6.42 Å². The number of ketones is 1. The molecule has 4 heterocycles. The van der Waals surface area contributed by atoms with Gasteiger partial charge in [-0.05, 0) is 24.0 Å². The third-order valence-electron chi connectivity index (χ3n) is 5.76. The number of hydrogen-bond acceptors (Lipinski definition) is 6. The van der Waals surface area contributed by atoms with Crippen LogP contribution in [0.25, 0.3) is 31.8 Å². The van der Waals surface area contributed by atoms with Crippen LogP contribution in [0.4, 0.5) is 0 Å². The molecule has 0 radical (unpaired) electrons. The molecule has 7 heteroatoms. The third kappa shape index (κ3) is 2.13. The molecule has 0 unspecified atom stereocenters. The summed E-state index contributed by atoms with van der Waals surface area (Å²) in [6.45, 7) is 4.12. The van der Waals surface area contributed by atoms with Gasteiger partial charge in [-0.3, -0.25) is 19.0 Å². The number of hydrogen-bond donors (Lipinski definition) is 0. The van der Waals surface area contributed by atoms with Crippen molar-refractivity contribution in [3.63, 3.8) is 0 Å². The van der Waals surface area contributed by atoms with Crippen LogP contribution in [0, 0.1) is 5.41 Å². The van der Waals surface area contributed by atoms with Crippen LogP contribution in [0.1, 0.15) is 46.7 Å². The highest BCUT2D eigenvalue weighted by molar-refractivity contribution is 7.25. The van der Waals surface area contributed by atoms with Gasteiger partial charge in [-0.15, -0.1) is 11.3 Å². The average Bonchev–Trinajstić information content (AvgIpc) is 3.16. The molecule has 0 saturated carbocycles. The van der Waals surface area contributed by atoms with Crippen LogP contribution in [0.5, 0.6) is 0 Å². The molecule has 1 aliphatic carbocycles. The van der Waals surface area contributed by atoms with E-state index in [4.69, 9.17) is 4.98 Å². The molecule has 6 rings (SSSR count). The third-order valence-corrected chi connectivity index (χ3v) is 6.84. The summed E-state index contributed by atoms with van der Waals surface area (Å²) in [6, 6.07) is 8.97. The van der Waals surface area contributed by atoms with Crippen LogP contribution in [-0.4, -0.2) is 26.2 Å².